The van der Waals surface area contributed by atoms with Crippen LogP contribution in [-0.2, 0) is 9.53 Å². The third-order valence-electron chi connectivity index (χ3n) is 4.00. The number of rotatable bonds is 6. The molecule has 0 spiro atoms. The fraction of sp³-hybridized carbons (Fsp3) is 0.474. The molecule has 0 N–H and O–H groups in total. The van der Waals surface area contributed by atoms with Gasteiger partial charge in [0.05, 0.1) is 6.61 Å². The van der Waals surface area contributed by atoms with Crippen molar-refractivity contribution in [2.24, 2.45) is 0 Å². The van der Waals surface area contributed by atoms with E-state index in [0.717, 1.165) is 31.5 Å². The molecule has 1 saturated heterocycles. The molecule has 0 saturated carbocycles. The molecule has 23 heavy (non-hydrogen) atoms. The summed E-state index contributed by atoms with van der Waals surface area (Å²) < 4.78 is 5.09. The van der Waals surface area contributed by atoms with Gasteiger partial charge >= 0.3 is 5.97 Å². The molecular weight excluding hydrogens is 288 g/mol. The van der Waals surface area contributed by atoms with Crippen molar-refractivity contribution in [1.29, 1.82) is 5.26 Å². The minimum absolute atomic E-state index is 0.0480. The smallest absolute Gasteiger partial charge is 0.348 e. The fourth-order valence-electron chi connectivity index (χ4n) is 2.62. The first-order valence-electron chi connectivity index (χ1n) is 8.38. The molecule has 1 aromatic carbocycles. The second-order valence-corrected chi connectivity index (χ2v) is 5.80. The van der Waals surface area contributed by atoms with Crippen molar-refractivity contribution in [3.05, 3.63) is 35.4 Å². The number of hydrogen-bond acceptors (Lipinski definition) is 4. The molecule has 0 amide bonds. The molecule has 4 nitrogen and oxygen atoms in total. The van der Waals surface area contributed by atoms with Crippen molar-refractivity contribution in [2.45, 2.75) is 39.0 Å². The van der Waals surface area contributed by atoms with Gasteiger partial charge in [-0.25, -0.2) is 4.79 Å². The van der Waals surface area contributed by atoms with Crippen molar-refractivity contribution >= 4 is 17.7 Å². The highest BCUT2D eigenvalue weighted by atomic mass is 16.5. The predicted octanol–water partition coefficient (Wildman–Crippen LogP) is 3.93. The van der Waals surface area contributed by atoms with E-state index in [0.29, 0.717) is 6.61 Å². The van der Waals surface area contributed by atoms with Crippen LogP contribution in [0.3, 0.4) is 0 Å². The van der Waals surface area contributed by atoms with E-state index in [1.165, 1.54) is 24.9 Å². The lowest BCUT2D eigenvalue weighted by Crippen LogP contribution is -2.29. The third kappa shape index (κ3) is 5.14. The average Bonchev–Trinajstić information content (AvgIpc) is 2.61. The van der Waals surface area contributed by atoms with Gasteiger partial charge in [0, 0.05) is 18.8 Å². The van der Waals surface area contributed by atoms with Crippen molar-refractivity contribution in [2.75, 3.05) is 24.6 Å². The van der Waals surface area contributed by atoms with Crippen LogP contribution >= 0.6 is 0 Å². The molecular formula is C19H24N2O2. The van der Waals surface area contributed by atoms with E-state index in [1.807, 2.05) is 25.1 Å². The first-order chi connectivity index (χ1) is 11.2. The molecule has 1 aliphatic rings. The summed E-state index contributed by atoms with van der Waals surface area (Å²) in [7, 11) is 0. The number of piperidine rings is 1. The molecule has 2 rings (SSSR count). The fourth-order valence-corrected chi connectivity index (χ4v) is 2.62. The van der Waals surface area contributed by atoms with Crippen molar-refractivity contribution in [3.63, 3.8) is 0 Å². The molecule has 4 heteroatoms. The van der Waals surface area contributed by atoms with Crippen molar-refractivity contribution in [3.8, 4) is 6.07 Å². The quantitative estimate of drug-likeness (QED) is 0.346. The normalized spacial score (nSPS) is 15.1. The second kappa shape index (κ2) is 8.99. The van der Waals surface area contributed by atoms with Crippen LogP contribution in [0.5, 0.6) is 0 Å². The van der Waals surface area contributed by atoms with Crippen LogP contribution in [0.25, 0.3) is 6.08 Å². The lowest BCUT2D eigenvalue weighted by molar-refractivity contribution is -0.138. The Balaban J connectivity index is 2.02. The number of nitrogens with zero attached hydrogens (tertiary/aromatic N) is 2. The standard InChI is InChI=1S/C19H24N2O2/c1-2-3-13-23-19(22)17(15-20)14-16-7-9-18(10-8-16)21-11-5-4-6-12-21/h7-10,14H,2-6,11-13H2,1H3/b17-14-. The third-order valence-corrected chi connectivity index (χ3v) is 4.00. The number of nitriles is 1. The van der Waals surface area contributed by atoms with Gasteiger partial charge in [-0.3, -0.25) is 0 Å². The molecule has 1 heterocycles. The Hall–Kier alpha value is -2.28. The maximum atomic E-state index is 11.8. The van der Waals surface area contributed by atoms with Crippen LogP contribution in [-0.4, -0.2) is 25.7 Å². The molecule has 0 unspecified atom stereocenters. The maximum Gasteiger partial charge on any atom is 0.348 e. The van der Waals surface area contributed by atoms with Gasteiger partial charge in [0.15, 0.2) is 0 Å². The number of benzene rings is 1. The monoisotopic (exact) mass is 312 g/mol. The summed E-state index contributed by atoms with van der Waals surface area (Å²) >= 11 is 0. The van der Waals surface area contributed by atoms with E-state index in [2.05, 4.69) is 17.0 Å². The van der Waals surface area contributed by atoms with Crippen LogP contribution in [0.4, 0.5) is 5.69 Å². The topological polar surface area (TPSA) is 53.3 Å². The van der Waals surface area contributed by atoms with Gasteiger partial charge in [-0.05, 0) is 49.5 Å². The summed E-state index contributed by atoms with van der Waals surface area (Å²) in [6.45, 7) is 4.59. The van der Waals surface area contributed by atoms with Crippen molar-refractivity contribution in [1.82, 2.24) is 0 Å². The van der Waals surface area contributed by atoms with E-state index in [1.54, 1.807) is 6.08 Å². The molecule has 0 atom stereocenters. The van der Waals surface area contributed by atoms with Gasteiger partial charge < -0.3 is 9.64 Å². The van der Waals surface area contributed by atoms with Gasteiger partial charge in [-0.2, -0.15) is 5.26 Å². The maximum absolute atomic E-state index is 11.8. The average molecular weight is 312 g/mol. The van der Waals surface area contributed by atoms with E-state index < -0.39 is 5.97 Å². The minimum Gasteiger partial charge on any atom is -0.462 e. The van der Waals surface area contributed by atoms with Crippen LogP contribution in [0.2, 0.25) is 0 Å². The summed E-state index contributed by atoms with van der Waals surface area (Å²) in [5, 5.41) is 9.15. The molecule has 1 fully saturated rings. The molecule has 1 aliphatic heterocycles. The van der Waals surface area contributed by atoms with E-state index in [4.69, 9.17) is 10.00 Å². The Bertz CT molecular complexity index is 578. The van der Waals surface area contributed by atoms with Gasteiger partial charge in [0.2, 0.25) is 0 Å². The Kier molecular flexibility index (Phi) is 6.68. The highest BCUT2D eigenvalue weighted by Gasteiger charge is 2.12. The SMILES string of the molecule is CCCCOC(=O)/C(C#N)=C\c1ccc(N2CCCCC2)cc1. The van der Waals surface area contributed by atoms with Crippen molar-refractivity contribution < 1.29 is 9.53 Å². The number of carbonyl (C=O) groups excluding carboxylic acids is 1. The van der Waals surface area contributed by atoms with Crippen LogP contribution < -0.4 is 4.90 Å². The molecule has 0 aliphatic carbocycles. The number of esters is 1. The number of hydrogen-bond donors (Lipinski definition) is 0. The van der Waals surface area contributed by atoms with E-state index >= 15 is 0 Å². The zero-order chi connectivity index (χ0) is 16.5. The lowest BCUT2D eigenvalue weighted by atomic mass is 10.1. The van der Waals surface area contributed by atoms with Crippen LogP contribution in [0.1, 0.15) is 44.6 Å². The van der Waals surface area contributed by atoms with Gasteiger partial charge in [0.1, 0.15) is 11.6 Å². The van der Waals surface area contributed by atoms with Gasteiger partial charge in [-0.1, -0.05) is 25.5 Å². The zero-order valence-electron chi connectivity index (χ0n) is 13.8. The first-order valence-corrected chi connectivity index (χ1v) is 8.38. The zero-order valence-corrected chi connectivity index (χ0v) is 13.8. The summed E-state index contributed by atoms with van der Waals surface area (Å²) in [5.41, 5.74) is 2.09. The number of ether oxygens (including phenoxy) is 1. The first kappa shape index (κ1) is 17.1. The van der Waals surface area contributed by atoms with Gasteiger partial charge in [-0.15, -0.1) is 0 Å². The second-order valence-electron chi connectivity index (χ2n) is 5.80. The molecule has 0 aromatic heterocycles. The lowest BCUT2D eigenvalue weighted by Gasteiger charge is -2.28. The highest BCUT2D eigenvalue weighted by molar-refractivity contribution is 5.97. The molecule has 1 aromatic rings. The van der Waals surface area contributed by atoms with Crippen LogP contribution in [0, 0.1) is 11.3 Å². The summed E-state index contributed by atoms with van der Waals surface area (Å²) in [6.07, 6.45) is 7.15. The summed E-state index contributed by atoms with van der Waals surface area (Å²) in [4.78, 5) is 14.2. The Morgan fingerprint density at radius 3 is 2.57 bits per heavy atom. The minimum atomic E-state index is -0.541. The van der Waals surface area contributed by atoms with E-state index in [9.17, 15) is 4.79 Å². The summed E-state index contributed by atoms with van der Waals surface area (Å²) in [5.74, 6) is -0.541. The van der Waals surface area contributed by atoms with Gasteiger partial charge in [0.25, 0.3) is 0 Å². The number of unbranched alkanes of at least 4 members (excludes halogenated alkanes) is 1. The molecule has 0 radical (unpaired) electrons. The molecule has 122 valence electrons. The largest absolute Gasteiger partial charge is 0.462 e. The van der Waals surface area contributed by atoms with Crippen LogP contribution in [0.15, 0.2) is 29.8 Å². The Morgan fingerprint density at radius 1 is 1.26 bits per heavy atom. The highest BCUT2D eigenvalue weighted by Crippen LogP contribution is 2.21. The Labute approximate surface area is 138 Å². The summed E-state index contributed by atoms with van der Waals surface area (Å²) in [6, 6.07) is 9.92. The predicted molar refractivity (Wildman–Crippen MR) is 92.0 cm³/mol. The Morgan fingerprint density at radius 2 is 1.96 bits per heavy atom. The number of carbonyl (C=O) groups is 1. The number of anilines is 1. The van der Waals surface area contributed by atoms with E-state index in [-0.39, 0.29) is 5.57 Å². The molecule has 0 bridgehead atoms.